The van der Waals surface area contributed by atoms with E-state index in [0.29, 0.717) is 13.2 Å². The Hall–Kier alpha value is -1.95. The highest BCUT2D eigenvalue weighted by Crippen LogP contribution is 2.14. The van der Waals surface area contributed by atoms with Crippen LogP contribution < -0.4 is 5.32 Å². The fourth-order valence-corrected chi connectivity index (χ4v) is 1.90. The molecule has 6 heteroatoms. The van der Waals surface area contributed by atoms with Gasteiger partial charge in [0.05, 0.1) is 24.9 Å². The molecule has 0 saturated heterocycles. The highest BCUT2D eigenvalue weighted by Gasteiger charge is 2.09. The van der Waals surface area contributed by atoms with E-state index in [2.05, 4.69) is 31.8 Å². The first-order chi connectivity index (χ1) is 9.20. The third kappa shape index (κ3) is 3.51. The topological polar surface area (TPSA) is 64.9 Å². The van der Waals surface area contributed by atoms with Gasteiger partial charge in [-0.3, -0.25) is 0 Å². The second kappa shape index (κ2) is 6.29. The van der Waals surface area contributed by atoms with E-state index in [4.69, 9.17) is 4.74 Å². The number of methoxy groups -OCH3 is 1. The third-order valence-corrected chi connectivity index (χ3v) is 2.81. The zero-order valence-electron chi connectivity index (χ0n) is 11.5. The van der Waals surface area contributed by atoms with E-state index in [9.17, 15) is 0 Å². The molecule has 0 aliphatic carbocycles. The minimum Gasteiger partial charge on any atom is -0.383 e. The Bertz CT molecular complexity index is 525. The quantitative estimate of drug-likeness (QED) is 0.859. The van der Waals surface area contributed by atoms with Crippen LogP contribution in [-0.4, -0.2) is 33.2 Å². The van der Waals surface area contributed by atoms with Gasteiger partial charge in [-0.15, -0.1) is 0 Å². The van der Waals surface area contributed by atoms with E-state index in [1.807, 2.05) is 19.2 Å². The van der Waals surface area contributed by atoms with E-state index < -0.39 is 0 Å². The Balaban J connectivity index is 2.02. The lowest BCUT2D eigenvalue weighted by molar-refractivity contribution is 0.163. The highest BCUT2D eigenvalue weighted by atomic mass is 16.5. The number of imidazole rings is 1. The second-order valence-electron chi connectivity index (χ2n) is 4.41. The molecule has 0 saturated carbocycles. The van der Waals surface area contributed by atoms with E-state index in [-0.39, 0.29) is 6.04 Å². The van der Waals surface area contributed by atoms with Crippen molar-refractivity contribution in [3.8, 4) is 0 Å². The van der Waals surface area contributed by atoms with E-state index in [1.54, 1.807) is 19.5 Å². The smallest absolute Gasteiger partial charge is 0.203 e. The van der Waals surface area contributed by atoms with Crippen molar-refractivity contribution < 1.29 is 4.74 Å². The summed E-state index contributed by atoms with van der Waals surface area (Å²) in [4.78, 5) is 12.7. The van der Waals surface area contributed by atoms with Crippen LogP contribution in [0.5, 0.6) is 0 Å². The van der Waals surface area contributed by atoms with E-state index in [0.717, 1.165) is 17.5 Å². The maximum Gasteiger partial charge on any atom is 0.203 e. The normalized spacial score (nSPS) is 12.4. The van der Waals surface area contributed by atoms with Gasteiger partial charge in [-0.25, -0.2) is 15.0 Å². The van der Waals surface area contributed by atoms with Crippen LogP contribution in [0, 0.1) is 6.92 Å². The Labute approximate surface area is 112 Å². The summed E-state index contributed by atoms with van der Waals surface area (Å²) in [6.45, 7) is 5.24. The van der Waals surface area contributed by atoms with Crippen molar-refractivity contribution in [1.82, 2.24) is 19.5 Å². The number of aryl methyl sites for hydroxylation is 1. The molecule has 19 heavy (non-hydrogen) atoms. The standard InChI is InChI=1S/C13H19N5O/c1-10(9-19-3)18-7-6-15-13(18)16-8-12-4-5-14-11(2)17-12/h4-7,10H,8-9H2,1-3H3,(H,15,16). The van der Waals surface area contributed by atoms with Crippen molar-refractivity contribution in [2.75, 3.05) is 19.0 Å². The zero-order chi connectivity index (χ0) is 13.7. The predicted molar refractivity (Wildman–Crippen MR) is 72.9 cm³/mol. The van der Waals surface area contributed by atoms with Gasteiger partial charge in [-0.2, -0.15) is 0 Å². The first-order valence-electron chi connectivity index (χ1n) is 6.25. The van der Waals surface area contributed by atoms with Gasteiger partial charge in [0.25, 0.3) is 0 Å². The van der Waals surface area contributed by atoms with Crippen LogP contribution in [0.1, 0.15) is 24.5 Å². The number of ether oxygens (including phenoxy) is 1. The summed E-state index contributed by atoms with van der Waals surface area (Å²) in [5.41, 5.74) is 0.946. The summed E-state index contributed by atoms with van der Waals surface area (Å²) in [5.74, 6) is 1.59. The fraction of sp³-hybridized carbons (Fsp3) is 0.462. The van der Waals surface area contributed by atoms with Crippen LogP contribution in [0.15, 0.2) is 24.7 Å². The van der Waals surface area contributed by atoms with E-state index in [1.165, 1.54) is 0 Å². The SMILES string of the molecule is COCC(C)n1ccnc1NCc1ccnc(C)n1. The van der Waals surface area contributed by atoms with Gasteiger partial charge in [0.2, 0.25) is 5.95 Å². The van der Waals surface area contributed by atoms with Gasteiger partial charge in [0, 0.05) is 25.7 Å². The maximum atomic E-state index is 5.16. The Kier molecular flexibility index (Phi) is 4.46. The number of aromatic nitrogens is 4. The van der Waals surface area contributed by atoms with Gasteiger partial charge >= 0.3 is 0 Å². The monoisotopic (exact) mass is 261 g/mol. The van der Waals surface area contributed by atoms with Gasteiger partial charge in [0.1, 0.15) is 5.82 Å². The number of anilines is 1. The number of nitrogens with one attached hydrogen (secondary N) is 1. The Morgan fingerprint density at radius 3 is 2.95 bits per heavy atom. The lowest BCUT2D eigenvalue weighted by atomic mass is 10.3. The number of hydrogen-bond donors (Lipinski definition) is 1. The number of nitrogens with zero attached hydrogens (tertiary/aromatic N) is 4. The first-order valence-corrected chi connectivity index (χ1v) is 6.25. The molecule has 0 aromatic carbocycles. The van der Waals surface area contributed by atoms with Crippen LogP contribution in [0.2, 0.25) is 0 Å². The Morgan fingerprint density at radius 2 is 2.21 bits per heavy atom. The molecule has 0 aliphatic rings. The molecular weight excluding hydrogens is 242 g/mol. The molecule has 6 nitrogen and oxygen atoms in total. The minimum absolute atomic E-state index is 0.238. The molecule has 2 aromatic heterocycles. The average Bonchev–Trinajstić information content (AvgIpc) is 2.85. The van der Waals surface area contributed by atoms with E-state index >= 15 is 0 Å². The molecule has 2 rings (SSSR count). The molecule has 0 fully saturated rings. The summed E-state index contributed by atoms with van der Waals surface area (Å²) in [6, 6.07) is 2.13. The van der Waals surface area contributed by atoms with Crippen molar-refractivity contribution in [2.24, 2.45) is 0 Å². The summed E-state index contributed by atoms with van der Waals surface area (Å²) >= 11 is 0. The lowest BCUT2D eigenvalue weighted by Crippen LogP contribution is -2.14. The van der Waals surface area contributed by atoms with Crippen molar-refractivity contribution in [3.63, 3.8) is 0 Å². The molecule has 0 amide bonds. The molecule has 2 aromatic rings. The minimum atomic E-state index is 0.238. The lowest BCUT2D eigenvalue weighted by Gasteiger charge is -2.16. The molecule has 2 heterocycles. The highest BCUT2D eigenvalue weighted by molar-refractivity contribution is 5.27. The van der Waals surface area contributed by atoms with Crippen molar-refractivity contribution in [2.45, 2.75) is 26.4 Å². The number of hydrogen-bond acceptors (Lipinski definition) is 5. The van der Waals surface area contributed by atoms with Gasteiger partial charge in [0.15, 0.2) is 0 Å². The molecular formula is C13H19N5O. The molecule has 0 spiro atoms. The maximum absolute atomic E-state index is 5.16. The second-order valence-corrected chi connectivity index (χ2v) is 4.41. The molecule has 0 radical (unpaired) electrons. The molecule has 0 aliphatic heterocycles. The van der Waals surface area contributed by atoms with Crippen molar-refractivity contribution in [1.29, 1.82) is 0 Å². The van der Waals surface area contributed by atoms with Crippen LogP contribution in [0.3, 0.4) is 0 Å². The molecule has 1 unspecified atom stereocenters. The van der Waals surface area contributed by atoms with Crippen molar-refractivity contribution >= 4 is 5.95 Å². The van der Waals surface area contributed by atoms with Gasteiger partial charge in [-0.05, 0) is 19.9 Å². The fourth-order valence-electron chi connectivity index (χ4n) is 1.90. The summed E-state index contributed by atoms with van der Waals surface area (Å²) in [6.07, 6.45) is 5.48. The zero-order valence-corrected chi connectivity index (χ0v) is 11.5. The van der Waals surface area contributed by atoms with Crippen molar-refractivity contribution in [3.05, 3.63) is 36.2 Å². The van der Waals surface area contributed by atoms with Crippen LogP contribution in [0.4, 0.5) is 5.95 Å². The molecule has 1 N–H and O–H groups in total. The first kappa shape index (κ1) is 13.5. The Morgan fingerprint density at radius 1 is 1.37 bits per heavy atom. The predicted octanol–water partition coefficient (Wildman–Crippen LogP) is 1.80. The number of rotatable bonds is 6. The summed E-state index contributed by atoms with van der Waals surface area (Å²) < 4.78 is 7.22. The van der Waals surface area contributed by atoms with Gasteiger partial charge in [-0.1, -0.05) is 0 Å². The molecule has 102 valence electrons. The third-order valence-electron chi connectivity index (χ3n) is 2.81. The molecule has 0 bridgehead atoms. The van der Waals surface area contributed by atoms with Crippen LogP contribution in [0.25, 0.3) is 0 Å². The average molecular weight is 261 g/mol. The van der Waals surface area contributed by atoms with Crippen LogP contribution in [-0.2, 0) is 11.3 Å². The molecule has 1 atom stereocenters. The van der Waals surface area contributed by atoms with Crippen LogP contribution >= 0.6 is 0 Å². The summed E-state index contributed by atoms with van der Waals surface area (Å²) in [5, 5.41) is 3.28. The largest absolute Gasteiger partial charge is 0.383 e. The summed E-state index contributed by atoms with van der Waals surface area (Å²) in [7, 11) is 1.70. The van der Waals surface area contributed by atoms with Gasteiger partial charge < -0.3 is 14.6 Å².